The number of benzene rings is 2. The molecule has 4 rings (SSSR count). The van der Waals surface area contributed by atoms with Crippen LogP contribution in [0.2, 0.25) is 5.02 Å². The zero-order valence-corrected chi connectivity index (χ0v) is 19.9. The van der Waals surface area contributed by atoms with Gasteiger partial charge in [-0.15, -0.1) is 0 Å². The van der Waals surface area contributed by atoms with E-state index in [0.717, 1.165) is 32.6 Å². The van der Waals surface area contributed by atoms with Crippen molar-refractivity contribution in [1.82, 2.24) is 20.1 Å². The number of imide groups is 1. The van der Waals surface area contributed by atoms with E-state index in [9.17, 15) is 19.4 Å². The number of fused-ring (bicyclic) bond motifs is 1. The number of nitroso groups, excluding NO2 is 2. The summed E-state index contributed by atoms with van der Waals surface area (Å²) in [7, 11) is 0. The molecule has 0 spiro atoms. The Kier molecular flexibility index (Phi) is 6.97. The lowest BCUT2D eigenvalue weighted by molar-refractivity contribution is 0.105. The standard InChI is InChI=1S/C23H24ClN7O4/c1-13-14(2)26-20-8-7-17(9-19(13)20)27-21-28-22(32)31(12-18(29-35)10-25-34)23(33)30(21)11-15-3-5-16(24)6-4-15/h3-9,18,21,26-27H,10-12H2,1-2H3,(H,28,32)/t18-,21?/m1/s1. The fraction of sp³-hybridized carbons (Fsp3) is 0.304. The van der Waals surface area contributed by atoms with E-state index in [1.807, 2.05) is 32.0 Å². The van der Waals surface area contributed by atoms with E-state index in [1.54, 1.807) is 24.3 Å². The van der Waals surface area contributed by atoms with Crippen molar-refractivity contribution in [2.24, 2.45) is 10.4 Å². The molecule has 4 amide bonds. The molecule has 1 aliphatic heterocycles. The molecule has 35 heavy (non-hydrogen) atoms. The second-order valence-corrected chi connectivity index (χ2v) is 8.79. The van der Waals surface area contributed by atoms with Crippen molar-refractivity contribution in [1.29, 1.82) is 0 Å². The lowest BCUT2D eigenvalue weighted by Gasteiger charge is -2.41. The van der Waals surface area contributed by atoms with Crippen molar-refractivity contribution in [2.45, 2.75) is 32.7 Å². The second kappa shape index (κ2) is 10.1. The lowest BCUT2D eigenvalue weighted by Crippen LogP contribution is -2.67. The van der Waals surface area contributed by atoms with Crippen molar-refractivity contribution < 1.29 is 9.59 Å². The first kappa shape index (κ1) is 24.1. The van der Waals surface area contributed by atoms with Gasteiger partial charge in [0.25, 0.3) is 0 Å². The summed E-state index contributed by atoms with van der Waals surface area (Å²) in [6.07, 6.45) is -0.883. The monoisotopic (exact) mass is 497 g/mol. The molecule has 11 nitrogen and oxygen atoms in total. The Morgan fingerprint density at radius 2 is 1.86 bits per heavy atom. The average Bonchev–Trinajstić information content (AvgIpc) is 3.12. The lowest BCUT2D eigenvalue weighted by atomic mass is 10.1. The summed E-state index contributed by atoms with van der Waals surface area (Å²) in [5.74, 6) is 0. The summed E-state index contributed by atoms with van der Waals surface area (Å²) in [5.41, 5.74) is 4.62. The van der Waals surface area contributed by atoms with Crippen LogP contribution >= 0.6 is 11.6 Å². The summed E-state index contributed by atoms with van der Waals surface area (Å²) < 4.78 is 0. The van der Waals surface area contributed by atoms with Crippen LogP contribution in [0.5, 0.6) is 0 Å². The van der Waals surface area contributed by atoms with E-state index in [-0.39, 0.29) is 13.1 Å². The van der Waals surface area contributed by atoms with Gasteiger partial charge in [-0.25, -0.2) is 14.5 Å². The first-order chi connectivity index (χ1) is 16.8. The normalized spacial score (nSPS) is 16.8. The zero-order chi connectivity index (χ0) is 25.1. The van der Waals surface area contributed by atoms with Crippen molar-refractivity contribution in [3.63, 3.8) is 0 Å². The molecule has 0 saturated carbocycles. The van der Waals surface area contributed by atoms with Crippen LogP contribution in [0.25, 0.3) is 10.9 Å². The number of anilines is 1. The van der Waals surface area contributed by atoms with E-state index in [4.69, 9.17) is 11.6 Å². The molecular weight excluding hydrogens is 474 g/mol. The summed E-state index contributed by atoms with van der Waals surface area (Å²) in [6, 6.07) is 10.2. The summed E-state index contributed by atoms with van der Waals surface area (Å²) in [6.45, 7) is 3.35. The third-order valence-electron chi connectivity index (χ3n) is 6.00. The Bertz CT molecular complexity index is 1280. The average molecular weight is 498 g/mol. The van der Waals surface area contributed by atoms with Crippen molar-refractivity contribution in [3.05, 3.63) is 74.1 Å². The Morgan fingerprint density at radius 3 is 2.54 bits per heavy atom. The molecule has 1 aromatic heterocycles. The second-order valence-electron chi connectivity index (χ2n) is 8.35. The first-order valence-electron chi connectivity index (χ1n) is 10.9. The minimum absolute atomic E-state index is 0.139. The quantitative estimate of drug-likeness (QED) is 0.368. The van der Waals surface area contributed by atoms with Gasteiger partial charge in [0.05, 0.1) is 13.1 Å². The first-order valence-corrected chi connectivity index (χ1v) is 11.3. The number of aromatic amines is 1. The van der Waals surface area contributed by atoms with E-state index in [0.29, 0.717) is 10.7 Å². The highest BCUT2D eigenvalue weighted by Crippen LogP contribution is 2.26. The Hall–Kier alpha value is -3.99. The van der Waals surface area contributed by atoms with Gasteiger partial charge in [-0.3, -0.25) is 10.2 Å². The van der Waals surface area contributed by atoms with Gasteiger partial charge in [0.15, 0.2) is 6.29 Å². The number of urea groups is 2. The van der Waals surface area contributed by atoms with Crippen molar-refractivity contribution >= 4 is 40.3 Å². The molecule has 0 aliphatic carbocycles. The Morgan fingerprint density at radius 1 is 1.11 bits per heavy atom. The molecule has 2 atom stereocenters. The minimum atomic E-state index is -1.13. The van der Waals surface area contributed by atoms with Gasteiger partial charge < -0.3 is 10.3 Å². The van der Waals surface area contributed by atoms with Crippen LogP contribution in [0, 0.1) is 23.7 Å². The summed E-state index contributed by atoms with van der Waals surface area (Å²) in [5, 5.41) is 13.0. The van der Waals surface area contributed by atoms with Gasteiger partial charge in [-0.2, -0.15) is 9.81 Å². The Labute approximate surface area is 205 Å². The molecule has 182 valence electrons. The van der Waals surface area contributed by atoms with Gasteiger partial charge in [-0.05, 0) is 55.3 Å². The third-order valence-corrected chi connectivity index (χ3v) is 6.25. The van der Waals surface area contributed by atoms with Crippen LogP contribution < -0.4 is 10.6 Å². The highest BCUT2D eigenvalue weighted by Gasteiger charge is 2.39. The number of carbonyl (C=O) groups is 2. The topological polar surface area (TPSA) is 139 Å². The highest BCUT2D eigenvalue weighted by atomic mass is 35.5. The molecule has 1 saturated heterocycles. The predicted molar refractivity (Wildman–Crippen MR) is 133 cm³/mol. The molecule has 12 heteroatoms. The molecule has 3 aromatic rings. The molecule has 3 N–H and O–H groups in total. The van der Waals surface area contributed by atoms with Crippen molar-refractivity contribution in [3.8, 4) is 0 Å². The maximum Gasteiger partial charge on any atom is 0.331 e. The summed E-state index contributed by atoms with van der Waals surface area (Å²) >= 11 is 5.99. The van der Waals surface area contributed by atoms with Crippen LogP contribution in [0.4, 0.5) is 15.3 Å². The molecular formula is C23H24ClN7O4. The number of halogens is 1. The number of H-pyrrole nitrogens is 1. The van der Waals surface area contributed by atoms with Gasteiger partial charge in [0.1, 0.15) is 12.6 Å². The molecule has 0 bridgehead atoms. The van der Waals surface area contributed by atoms with Crippen LogP contribution in [0.1, 0.15) is 16.8 Å². The molecule has 1 fully saturated rings. The van der Waals surface area contributed by atoms with Crippen molar-refractivity contribution in [2.75, 3.05) is 18.4 Å². The smallest absolute Gasteiger partial charge is 0.331 e. The number of amides is 4. The van der Waals surface area contributed by atoms with Crippen LogP contribution in [0.3, 0.4) is 0 Å². The third kappa shape index (κ3) is 5.09. The number of nitrogens with one attached hydrogen (secondary N) is 3. The van der Waals surface area contributed by atoms with Crippen LogP contribution in [-0.4, -0.2) is 52.3 Å². The minimum Gasteiger partial charge on any atom is -0.358 e. The van der Waals surface area contributed by atoms with Crippen LogP contribution in [-0.2, 0) is 6.54 Å². The Balaban J connectivity index is 1.63. The fourth-order valence-corrected chi connectivity index (χ4v) is 4.10. The maximum atomic E-state index is 13.4. The molecule has 1 unspecified atom stereocenters. The molecule has 0 radical (unpaired) electrons. The summed E-state index contributed by atoms with van der Waals surface area (Å²) in [4.78, 5) is 53.5. The molecule has 1 aliphatic rings. The number of aryl methyl sites for hydroxylation is 2. The number of hydrogen-bond acceptors (Lipinski definition) is 7. The van der Waals surface area contributed by atoms with Gasteiger partial charge in [0, 0.05) is 27.3 Å². The highest BCUT2D eigenvalue weighted by molar-refractivity contribution is 6.30. The maximum absolute atomic E-state index is 13.4. The zero-order valence-electron chi connectivity index (χ0n) is 19.1. The molecule has 2 aromatic carbocycles. The largest absolute Gasteiger partial charge is 0.358 e. The van der Waals surface area contributed by atoms with E-state index in [1.165, 1.54) is 4.90 Å². The predicted octanol–water partition coefficient (Wildman–Crippen LogP) is 4.68. The van der Waals surface area contributed by atoms with Crippen LogP contribution in [0.15, 0.2) is 52.8 Å². The number of hydrogen-bond donors (Lipinski definition) is 3. The van der Waals surface area contributed by atoms with Gasteiger partial charge >= 0.3 is 12.1 Å². The van der Waals surface area contributed by atoms with E-state index < -0.39 is 30.9 Å². The van der Waals surface area contributed by atoms with E-state index >= 15 is 0 Å². The number of rotatable bonds is 9. The number of aromatic nitrogens is 1. The van der Waals surface area contributed by atoms with E-state index in [2.05, 4.69) is 26.0 Å². The number of nitrogens with zero attached hydrogens (tertiary/aromatic N) is 4. The van der Waals surface area contributed by atoms with Gasteiger partial charge in [0.2, 0.25) is 0 Å². The molecule has 2 heterocycles. The number of carbonyl (C=O) groups excluding carboxylic acids is 2. The van der Waals surface area contributed by atoms with Gasteiger partial charge in [-0.1, -0.05) is 34.1 Å². The SMILES string of the molecule is Cc1[nH]c2ccc(NC3NC(=O)N(C[C@@H](CN=O)N=O)C(=O)N3Cc3ccc(Cl)cc3)cc2c1C. The fourth-order valence-electron chi connectivity index (χ4n) is 3.98.